The van der Waals surface area contributed by atoms with Crippen molar-refractivity contribution in [3.8, 4) is 0 Å². The molecule has 2 atom stereocenters. The number of hydrogen-bond donors (Lipinski definition) is 1. The second-order valence-corrected chi connectivity index (χ2v) is 5.33. The van der Waals surface area contributed by atoms with Gasteiger partial charge in [0, 0.05) is 24.7 Å². The lowest BCUT2D eigenvalue weighted by molar-refractivity contribution is 0.159. The van der Waals surface area contributed by atoms with Crippen molar-refractivity contribution in [1.82, 2.24) is 4.90 Å². The fraction of sp³-hybridized carbons (Fsp3) is 1.00. The number of nitrogens with zero attached hydrogens (tertiary/aromatic N) is 1. The summed E-state index contributed by atoms with van der Waals surface area (Å²) in [6.45, 7) is 6.89. The fourth-order valence-corrected chi connectivity index (χ4v) is 3.10. The van der Waals surface area contributed by atoms with E-state index in [1.54, 1.807) is 0 Å². The van der Waals surface area contributed by atoms with Crippen LogP contribution < -0.4 is 5.73 Å². The highest BCUT2D eigenvalue weighted by Crippen LogP contribution is 2.38. The summed E-state index contributed by atoms with van der Waals surface area (Å²) >= 11 is 0. The molecule has 0 aromatic heterocycles. The van der Waals surface area contributed by atoms with E-state index in [1.165, 1.54) is 25.8 Å². The van der Waals surface area contributed by atoms with Crippen LogP contribution in [0.15, 0.2) is 0 Å². The van der Waals surface area contributed by atoms with Gasteiger partial charge in [-0.1, -0.05) is 13.8 Å². The van der Waals surface area contributed by atoms with E-state index in [9.17, 15) is 0 Å². The molecule has 0 radical (unpaired) electrons. The molecule has 1 aliphatic heterocycles. The number of fused-ring (bicyclic) bond motifs is 2. The zero-order valence-electron chi connectivity index (χ0n) is 9.63. The second kappa shape index (κ2) is 3.82. The summed E-state index contributed by atoms with van der Waals surface area (Å²) < 4.78 is 0. The zero-order chi connectivity index (χ0) is 10.2. The molecule has 0 amide bonds. The predicted molar refractivity (Wildman–Crippen MR) is 60.2 cm³/mol. The van der Waals surface area contributed by atoms with Crippen LogP contribution in [0, 0.1) is 5.92 Å². The minimum atomic E-state index is 0.0739. The van der Waals surface area contributed by atoms with Gasteiger partial charge in [-0.25, -0.2) is 0 Å². The highest BCUT2D eigenvalue weighted by Gasteiger charge is 2.39. The molecule has 1 aliphatic carbocycles. The number of likely N-dealkylation sites (tertiary alicyclic amines) is 1. The largest absolute Gasteiger partial charge is 0.324 e. The summed E-state index contributed by atoms with van der Waals surface area (Å²) in [5, 5.41) is 0. The van der Waals surface area contributed by atoms with E-state index < -0.39 is 0 Å². The Balaban J connectivity index is 1.91. The summed E-state index contributed by atoms with van der Waals surface area (Å²) in [5.74, 6) is 0.998. The van der Waals surface area contributed by atoms with Gasteiger partial charge < -0.3 is 5.73 Å². The van der Waals surface area contributed by atoms with Crippen LogP contribution in [-0.2, 0) is 0 Å². The van der Waals surface area contributed by atoms with Crippen molar-refractivity contribution >= 4 is 0 Å². The summed E-state index contributed by atoms with van der Waals surface area (Å²) in [6.07, 6.45) is 6.56. The lowest BCUT2D eigenvalue weighted by Crippen LogP contribution is -2.51. The molecule has 2 heteroatoms. The highest BCUT2D eigenvalue weighted by molar-refractivity contribution is 4.96. The SMILES string of the molecule is CCC(N)(CC)CN1CC2CCC1C2. The minimum absolute atomic E-state index is 0.0739. The molecule has 1 saturated carbocycles. The first-order valence-electron chi connectivity index (χ1n) is 6.20. The Morgan fingerprint density at radius 1 is 1.29 bits per heavy atom. The van der Waals surface area contributed by atoms with Gasteiger partial charge in [-0.2, -0.15) is 0 Å². The third-order valence-electron chi connectivity index (χ3n) is 4.45. The first-order valence-corrected chi connectivity index (χ1v) is 6.20. The number of rotatable bonds is 4. The van der Waals surface area contributed by atoms with Gasteiger partial charge in [-0.05, 0) is 38.0 Å². The third kappa shape index (κ3) is 1.82. The van der Waals surface area contributed by atoms with Crippen LogP contribution in [0.5, 0.6) is 0 Å². The molecule has 1 heterocycles. The molecular formula is C12H24N2. The molecule has 1 saturated heterocycles. The minimum Gasteiger partial charge on any atom is -0.324 e. The Labute approximate surface area is 87.8 Å². The van der Waals surface area contributed by atoms with Crippen LogP contribution in [0.4, 0.5) is 0 Å². The first kappa shape index (κ1) is 10.4. The molecule has 2 N–H and O–H groups in total. The quantitative estimate of drug-likeness (QED) is 0.745. The maximum atomic E-state index is 6.37. The summed E-state index contributed by atoms with van der Waals surface area (Å²) in [4.78, 5) is 2.65. The number of nitrogens with two attached hydrogens (primary N) is 1. The molecule has 82 valence electrons. The maximum absolute atomic E-state index is 6.37. The molecule has 2 fully saturated rings. The molecule has 0 spiro atoms. The van der Waals surface area contributed by atoms with Gasteiger partial charge >= 0.3 is 0 Å². The second-order valence-electron chi connectivity index (χ2n) is 5.33. The van der Waals surface area contributed by atoms with Gasteiger partial charge in [0.15, 0.2) is 0 Å². The van der Waals surface area contributed by atoms with Gasteiger partial charge in [-0.15, -0.1) is 0 Å². The molecular weight excluding hydrogens is 172 g/mol. The van der Waals surface area contributed by atoms with Crippen LogP contribution in [-0.4, -0.2) is 29.6 Å². The Kier molecular flexibility index (Phi) is 2.85. The molecule has 2 unspecified atom stereocenters. The van der Waals surface area contributed by atoms with E-state index in [0.717, 1.165) is 31.3 Å². The zero-order valence-corrected chi connectivity index (χ0v) is 9.63. The van der Waals surface area contributed by atoms with Crippen molar-refractivity contribution in [2.24, 2.45) is 11.7 Å². The Morgan fingerprint density at radius 2 is 2.00 bits per heavy atom. The van der Waals surface area contributed by atoms with E-state index in [2.05, 4.69) is 18.7 Å². The molecule has 0 aromatic carbocycles. The molecule has 2 aliphatic rings. The Morgan fingerprint density at radius 3 is 2.43 bits per heavy atom. The Hall–Kier alpha value is -0.0800. The lowest BCUT2D eigenvalue weighted by atomic mass is 9.93. The monoisotopic (exact) mass is 196 g/mol. The lowest BCUT2D eigenvalue weighted by Gasteiger charge is -2.36. The third-order valence-corrected chi connectivity index (χ3v) is 4.45. The van der Waals surface area contributed by atoms with Gasteiger partial charge in [0.25, 0.3) is 0 Å². The van der Waals surface area contributed by atoms with Gasteiger partial charge in [0.05, 0.1) is 0 Å². The average Bonchev–Trinajstić information content (AvgIpc) is 2.79. The van der Waals surface area contributed by atoms with Crippen molar-refractivity contribution in [3.63, 3.8) is 0 Å². The van der Waals surface area contributed by atoms with Crippen LogP contribution in [0.1, 0.15) is 46.0 Å². The van der Waals surface area contributed by atoms with Crippen LogP contribution in [0.25, 0.3) is 0 Å². The summed E-state index contributed by atoms with van der Waals surface area (Å²) in [7, 11) is 0. The van der Waals surface area contributed by atoms with E-state index in [0.29, 0.717) is 0 Å². The van der Waals surface area contributed by atoms with Crippen LogP contribution in [0.2, 0.25) is 0 Å². The van der Waals surface area contributed by atoms with Gasteiger partial charge in [-0.3, -0.25) is 4.90 Å². The normalized spacial score (nSPS) is 32.8. The molecule has 2 bridgehead atoms. The summed E-state index contributed by atoms with van der Waals surface area (Å²) in [6, 6.07) is 0.876. The standard InChI is InChI=1S/C12H24N2/c1-3-12(13,4-2)9-14-8-10-5-6-11(14)7-10/h10-11H,3-9,13H2,1-2H3. The first-order chi connectivity index (χ1) is 6.67. The topological polar surface area (TPSA) is 29.3 Å². The number of hydrogen-bond acceptors (Lipinski definition) is 2. The van der Waals surface area contributed by atoms with Crippen molar-refractivity contribution in [2.75, 3.05) is 13.1 Å². The maximum Gasteiger partial charge on any atom is 0.0278 e. The highest BCUT2D eigenvalue weighted by atomic mass is 15.2. The van der Waals surface area contributed by atoms with Crippen LogP contribution >= 0.6 is 0 Å². The van der Waals surface area contributed by atoms with Crippen molar-refractivity contribution in [3.05, 3.63) is 0 Å². The summed E-state index contributed by atoms with van der Waals surface area (Å²) in [5.41, 5.74) is 6.44. The smallest absolute Gasteiger partial charge is 0.0278 e. The Bertz CT molecular complexity index is 198. The molecule has 2 nitrogen and oxygen atoms in total. The number of piperidine rings is 1. The molecule has 14 heavy (non-hydrogen) atoms. The van der Waals surface area contributed by atoms with Crippen LogP contribution in [0.3, 0.4) is 0 Å². The fourth-order valence-electron chi connectivity index (χ4n) is 3.10. The van der Waals surface area contributed by atoms with E-state index in [-0.39, 0.29) is 5.54 Å². The molecule has 0 aromatic rings. The van der Waals surface area contributed by atoms with Gasteiger partial charge in [0.1, 0.15) is 0 Å². The van der Waals surface area contributed by atoms with Crippen molar-refractivity contribution < 1.29 is 0 Å². The predicted octanol–water partition coefficient (Wildman–Crippen LogP) is 1.99. The molecule has 2 rings (SSSR count). The van der Waals surface area contributed by atoms with E-state index in [4.69, 9.17) is 5.73 Å². The van der Waals surface area contributed by atoms with Crippen molar-refractivity contribution in [1.29, 1.82) is 0 Å². The average molecular weight is 196 g/mol. The van der Waals surface area contributed by atoms with E-state index >= 15 is 0 Å². The van der Waals surface area contributed by atoms with E-state index in [1.807, 2.05) is 0 Å². The van der Waals surface area contributed by atoms with Crippen molar-refractivity contribution in [2.45, 2.75) is 57.5 Å². The van der Waals surface area contributed by atoms with Gasteiger partial charge in [0.2, 0.25) is 0 Å².